The Bertz CT molecular complexity index is 832. The highest BCUT2D eigenvalue weighted by molar-refractivity contribution is 5.22. The molecule has 0 unspecified atom stereocenters. The Balaban J connectivity index is 1.57. The fourth-order valence-corrected chi connectivity index (χ4v) is 12.3. The average Bonchev–Trinajstić information content (AvgIpc) is 3.05. The smallest absolute Gasteiger partial charge is 0.0623 e. The van der Waals surface area contributed by atoms with E-state index in [0.29, 0.717) is 11.8 Å². The molecule has 0 aromatic carbocycles. The van der Waals surface area contributed by atoms with Crippen molar-refractivity contribution in [1.29, 1.82) is 0 Å². The van der Waals surface area contributed by atoms with E-state index >= 15 is 0 Å². The van der Waals surface area contributed by atoms with Crippen molar-refractivity contribution in [2.45, 2.75) is 131 Å². The lowest BCUT2D eigenvalue weighted by Crippen LogP contribution is -2.71. The van der Waals surface area contributed by atoms with E-state index in [0.717, 1.165) is 38.5 Å². The van der Waals surface area contributed by atoms with Crippen LogP contribution in [-0.4, -0.2) is 44.3 Å². The minimum Gasteiger partial charge on any atom is -0.393 e. The van der Waals surface area contributed by atoms with Crippen LogP contribution in [0.4, 0.5) is 0 Å². The van der Waals surface area contributed by atoms with Crippen LogP contribution in [0.3, 0.4) is 0 Å². The molecule has 5 fully saturated rings. The first-order valence-electron chi connectivity index (χ1n) is 14.2. The molecule has 5 aliphatic carbocycles. The first-order valence-corrected chi connectivity index (χ1v) is 14.2. The van der Waals surface area contributed by atoms with Gasteiger partial charge in [-0.15, -0.1) is 0 Å². The molecule has 0 aliphatic heterocycles. The van der Waals surface area contributed by atoms with Gasteiger partial charge in [0.1, 0.15) is 0 Å². The van der Waals surface area contributed by atoms with E-state index in [1.807, 2.05) is 13.8 Å². The zero-order valence-corrected chi connectivity index (χ0v) is 23.1. The third kappa shape index (κ3) is 2.92. The van der Waals surface area contributed by atoms with Gasteiger partial charge in [0.25, 0.3) is 0 Å². The van der Waals surface area contributed by atoms with E-state index in [4.69, 9.17) is 0 Å². The summed E-state index contributed by atoms with van der Waals surface area (Å²) in [7, 11) is 0. The minimum absolute atomic E-state index is 0.00284. The van der Waals surface area contributed by atoms with Crippen molar-refractivity contribution in [3.8, 4) is 0 Å². The van der Waals surface area contributed by atoms with E-state index in [2.05, 4.69) is 41.5 Å². The Kier molecular flexibility index (Phi) is 5.42. The van der Waals surface area contributed by atoms with Gasteiger partial charge in [-0.25, -0.2) is 0 Å². The van der Waals surface area contributed by atoms with E-state index in [-0.39, 0.29) is 50.9 Å². The van der Waals surface area contributed by atoms with Gasteiger partial charge in [0.2, 0.25) is 0 Å². The Morgan fingerprint density at radius 1 is 0.676 bits per heavy atom. The molecule has 0 radical (unpaired) electrons. The first-order chi connectivity index (χ1) is 15.4. The Labute approximate surface area is 207 Å². The van der Waals surface area contributed by atoms with Gasteiger partial charge in [-0.3, -0.25) is 0 Å². The maximum atomic E-state index is 11.8. The highest BCUT2D eigenvalue weighted by Gasteiger charge is 2.74. The molecule has 0 amide bonds. The number of hydrogen-bond acceptors (Lipinski definition) is 4. The molecule has 4 N–H and O–H groups in total. The van der Waals surface area contributed by atoms with Gasteiger partial charge in [0.05, 0.1) is 23.9 Å². The largest absolute Gasteiger partial charge is 0.393 e. The third-order valence-corrected chi connectivity index (χ3v) is 13.7. The van der Waals surface area contributed by atoms with E-state index in [9.17, 15) is 20.4 Å². The van der Waals surface area contributed by atoms with Gasteiger partial charge in [-0.1, -0.05) is 41.5 Å². The van der Waals surface area contributed by atoms with Gasteiger partial charge in [-0.05, 0) is 122 Å². The maximum Gasteiger partial charge on any atom is 0.0623 e. The summed E-state index contributed by atoms with van der Waals surface area (Å²) in [5.41, 5.74) is -1.15. The number of fused-ring (bicyclic) bond motifs is 7. The number of hydrogen-bond donors (Lipinski definition) is 4. The van der Waals surface area contributed by atoms with Crippen molar-refractivity contribution in [2.75, 3.05) is 0 Å². The second-order valence-corrected chi connectivity index (χ2v) is 15.8. The van der Waals surface area contributed by atoms with Gasteiger partial charge >= 0.3 is 0 Å². The molecule has 4 nitrogen and oxygen atoms in total. The standard InChI is InChI=1S/C30H52O4/c1-25(2)22(33)12-14-28(6)21-10-9-20-27(5)13-11-17(26(3,4)34)23(27)18(31)15-29(20,7)30(21,8)16-19(32)24(25)28/h17-24,31-34H,9-16H2,1-8H3/t17-,18-,19+,20-,21-,22+,23+,24+,27+,28+,29-,30+/m1/s1. The van der Waals surface area contributed by atoms with Gasteiger partial charge in [0.15, 0.2) is 0 Å². The number of aliphatic hydroxyl groups excluding tert-OH is 3. The summed E-state index contributed by atoms with van der Waals surface area (Å²) in [4.78, 5) is 0. The van der Waals surface area contributed by atoms with Crippen LogP contribution < -0.4 is 0 Å². The molecular formula is C30H52O4. The maximum absolute atomic E-state index is 11.8. The fraction of sp³-hybridized carbons (Fsp3) is 1.00. The zero-order chi connectivity index (χ0) is 25.3. The van der Waals surface area contributed by atoms with Crippen LogP contribution in [0.15, 0.2) is 0 Å². The van der Waals surface area contributed by atoms with Crippen molar-refractivity contribution in [3.05, 3.63) is 0 Å². The zero-order valence-electron chi connectivity index (χ0n) is 23.1. The molecule has 0 aromatic heterocycles. The molecule has 0 spiro atoms. The highest BCUT2D eigenvalue weighted by atomic mass is 16.3. The van der Waals surface area contributed by atoms with Crippen molar-refractivity contribution < 1.29 is 20.4 Å². The fourth-order valence-electron chi connectivity index (χ4n) is 12.3. The van der Waals surface area contributed by atoms with Crippen LogP contribution in [-0.2, 0) is 0 Å². The highest BCUT2D eigenvalue weighted by Crippen LogP contribution is 2.78. The van der Waals surface area contributed by atoms with Crippen LogP contribution in [0, 0.1) is 56.7 Å². The monoisotopic (exact) mass is 476 g/mol. The molecular weight excluding hydrogens is 424 g/mol. The van der Waals surface area contributed by atoms with E-state index < -0.39 is 17.8 Å². The molecule has 5 aliphatic rings. The molecule has 0 aromatic rings. The molecule has 4 heteroatoms. The average molecular weight is 477 g/mol. The lowest BCUT2D eigenvalue weighted by atomic mass is 9.31. The molecule has 5 saturated carbocycles. The van der Waals surface area contributed by atoms with Crippen LogP contribution >= 0.6 is 0 Å². The van der Waals surface area contributed by atoms with Crippen LogP contribution in [0.2, 0.25) is 0 Å². The molecule has 196 valence electrons. The topological polar surface area (TPSA) is 80.9 Å². The Morgan fingerprint density at radius 3 is 1.74 bits per heavy atom. The quantitative estimate of drug-likeness (QED) is 0.421. The molecule has 0 saturated heterocycles. The molecule has 12 atom stereocenters. The van der Waals surface area contributed by atoms with E-state index in [1.54, 1.807) is 0 Å². The van der Waals surface area contributed by atoms with Crippen LogP contribution in [0.1, 0.15) is 107 Å². The predicted molar refractivity (Wildman–Crippen MR) is 135 cm³/mol. The summed E-state index contributed by atoms with van der Waals surface area (Å²) >= 11 is 0. The van der Waals surface area contributed by atoms with Crippen LogP contribution in [0.25, 0.3) is 0 Å². The second-order valence-electron chi connectivity index (χ2n) is 15.8. The van der Waals surface area contributed by atoms with Crippen molar-refractivity contribution in [3.63, 3.8) is 0 Å². The summed E-state index contributed by atoms with van der Waals surface area (Å²) in [5, 5.41) is 45.4. The van der Waals surface area contributed by atoms with Crippen molar-refractivity contribution >= 4 is 0 Å². The Morgan fingerprint density at radius 2 is 1.18 bits per heavy atom. The summed E-state index contributed by atoms with van der Waals surface area (Å²) in [6.45, 7) is 17.9. The molecule has 5 rings (SSSR count). The SMILES string of the molecule is CC(C)(O)[C@@H]1CC[C@]2(C)[C@@H]1[C@H](O)C[C@]1(C)[C@@H]2CC[C@@H]2[C@]3(C)CC[C@H](O)C(C)(C)[C@@H]3[C@@H](O)C[C@@]21C. The summed E-state index contributed by atoms with van der Waals surface area (Å²) < 4.78 is 0. The molecule has 0 heterocycles. The van der Waals surface area contributed by atoms with E-state index in [1.165, 1.54) is 12.8 Å². The van der Waals surface area contributed by atoms with Crippen molar-refractivity contribution in [2.24, 2.45) is 56.7 Å². The van der Waals surface area contributed by atoms with Gasteiger partial charge in [-0.2, -0.15) is 0 Å². The van der Waals surface area contributed by atoms with Gasteiger partial charge in [0, 0.05) is 0 Å². The number of aliphatic hydroxyl groups is 4. The third-order valence-electron chi connectivity index (χ3n) is 13.7. The van der Waals surface area contributed by atoms with Crippen molar-refractivity contribution in [1.82, 2.24) is 0 Å². The molecule has 0 bridgehead atoms. The van der Waals surface area contributed by atoms with Gasteiger partial charge < -0.3 is 20.4 Å². The lowest BCUT2D eigenvalue weighted by molar-refractivity contribution is -0.289. The summed E-state index contributed by atoms with van der Waals surface area (Å²) in [6.07, 6.45) is 6.55. The first kappa shape index (κ1) is 25.5. The second kappa shape index (κ2) is 7.23. The minimum atomic E-state index is -0.769. The summed E-state index contributed by atoms with van der Waals surface area (Å²) in [6, 6.07) is 0. The number of rotatable bonds is 1. The lowest BCUT2D eigenvalue weighted by Gasteiger charge is -2.74. The predicted octanol–water partition coefficient (Wildman–Crippen LogP) is 5.16. The summed E-state index contributed by atoms with van der Waals surface area (Å²) in [5.74, 6) is 1.37. The van der Waals surface area contributed by atoms with Crippen LogP contribution in [0.5, 0.6) is 0 Å². The normalized spacial score (nSPS) is 58.9. The Hall–Kier alpha value is -0.160. The molecule has 34 heavy (non-hydrogen) atoms.